The molecule has 0 spiro atoms. The van der Waals surface area contributed by atoms with E-state index >= 15 is 0 Å². The number of benzene rings is 2. The number of hydrogen-bond donors (Lipinski definition) is 0. The Kier molecular flexibility index (Phi) is 8.52. The van der Waals surface area contributed by atoms with Crippen molar-refractivity contribution in [3.8, 4) is 11.5 Å². The molecule has 8 heteroatoms. The van der Waals surface area contributed by atoms with Gasteiger partial charge < -0.3 is 23.4 Å². The number of hydrogen-bond acceptors (Lipinski definition) is 6. The summed E-state index contributed by atoms with van der Waals surface area (Å²) < 4.78 is 42.7. The van der Waals surface area contributed by atoms with Gasteiger partial charge in [0.2, 0.25) is 0 Å². The molecular formula is C24H34O6SSi. The van der Waals surface area contributed by atoms with Crippen LogP contribution in [-0.2, 0) is 31.3 Å². The summed E-state index contributed by atoms with van der Waals surface area (Å²) in [5.74, 6) is 1.54. The highest BCUT2D eigenvalue weighted by Gasteiger charge is 2.42. The quantitative estimate of drug-likeness (QED) is 0.485. The van der Waals surface area contributed by atoms with Crippen LogP contribution in [0.15, 0.2) is 53.4 Å². The Morgan fingerprint density at radius 2 is 1.53 bits per heavy atom. The van der Waals surface area contributed by atoms with Crippen LogP contribution in [0.5, 0.6) is 11.5 Å². The molecule has 0 amide bonds. The van der Waals surface area contributed by atoms with Crippen LogP contribution < -0.4 is 9.47 Å². The van der Waals surface area contributed by atoms with Crippen LogP contribution in [0.3, 0.4) is 0 Å². The molecule has 0 bridgehead atoms. The van der Waals surface area contributed by atoms with Crippen molar-refractivity contribution >= 4 is 19.1 Å². The third kappa shape index (κ3) is 6.65. The predicted octanol–water partition coefficient (Wildman–Crippen LogP) is 4.75. The van der Waals surface area contributed by atoms with Crippen LogP contribution in [0.25, 0.3) is 0 Å². The van der Waals surface area contributed by atoms with Crippen molar-refractivity contribution in [2.45, 2.75) is 68.2 Å². The molecule has 5 unspecified atom stereocenters. The van der Waals surface area contributed by atoms with Crippen molar-refractivity contribution in [3.05, 3.63) is 54.1 Å². The maximum atomic E-state index is 13.3. The lowest BCUT2D eigenvalue weighted by atomic mass is 10.0. The molecular weight excluding hydrogens is 444 g/mol. The molecule has 0 saturated carbocycles. The molecule has 0 aromatic heterocycles. The molecule has 3 rings (SSSR count). The molecule has 1 heterocycles. The van der Waals surface area contributed by atoms with E-state index in [1.807, 2.05) is 55.5 Å². The third-order valence-electron chi connectivity index (χ3n) is 5.26. The third-order valence-corrected chi connectivity index (χ3v) is 7.76. The van der Waals surface area contributed by atoms with E-state index in [0.717, 1.165) is 17.1 Å². The zero-order chi connectivity index (χ0) is 23.3. The second-order valence-electron chi connectivity index (χ2n) is 8.87. The maximum Gasteiger partial charge on any atom is 0.184 e. The molecule has 1 aliphatic rings. The Balaban J connectivity index is 1.75. The Morgan fingerprint density at radius 3 is 2.06 bits per heavy atom. The first kappa shape index (κ1) is 24.9. The standard InChI is InChI=1S/C24H34O6SSi/c1-17-24(30-32(4,5)6)22(28-16-18-7-9-19(26-2)10-8-18)15-23(29-17)31(25)21-13-11-20(27-3)12-14-21/h7-14,17,22-24H,15-16H2,1-6H3. The molecule has 6 nitrogen and oxygen atoms in total. The van der Waals surface area contributed by atoms with Gasteiger partial charge in [0.25, 0.3) is 0 Å². The first-order valence-corrected chi connectivity index (χ1v) is 15.4. The molecule has 2 aromatic carbocycles. The van der Waals surface area contributed by atoms with Crippen molar-refractivity contribution in [3.63, 3.8) is 0 Å². The summed E-state index contributed by atoms with van der Waals surface area (Å²) in [6.45, 7) is 8.88. The molecule has 0 aliphatic carbocycles. The molecule has 176 valence electrons. The predicted molar refractivity (Wildman–Crippen MR) is 128 cm³/mol. The van der Waals surface area contributed by atoms with Crippen LogP contribution >= 0.6 is 0 Å². The summed E-state index contributed by atoms with van der Waals surface area (Å²) in [5.41, 5.74) is 0.574. The maximum absolute atomic E-state index is 13.3. The summed E-state index contributed by atoms with van der Waals surface area (Å²) in [6.07, 6.45) is -0.166. The highest BCUT2D eigenvalue weighted by atomic mass is 32.2. The Morgan fingerprint density at radius 1 is 0.969 bits per heavy atom. The van der Waals surface area contributed by atoms with E-state index in [9.17, 15) is 4.21 Å². The van der Waals surface area contributed by atoms with E-state index < -0.39 is 24.6 Å². The average molecular weight is 479 g/mol. The zero-order valence-electron chi connectivity index (χ0n) is 19.7. The SMILES string of the molecule is COc1ccc(COC2CC(S(=O)c3ccc(OC)cc3)OC(C)C2O[Si](C)(C)C)cc1. The van der Waals surface area contributed by atoms with E-state index in [-0.39, 0.29) is 18.3 Å². The van der Waals surface area contributed by atoms with Crippen molar-refractivity contribution < 1.29 is 27.6 Å². The summed E-state index contributed by atoms with van der Waals surface area (Å²) in [7, 11) is 0.0921. The fraction of sp³-hybridized carbons (Fsp3) is 0.500. The van der Waals surface area contributed by atoms with Crippen molar-refractivity contribution in [2.75, 3.05) is 14.2 Å². The normalized spacial score (nSPS) is 24.7. The molecule has 1 saturated heterocycles. The lowest BCUT2D eigenvalue weighted by Gasteiger charge is -2.42. The fourth-order valence-electron chi connectivity index (χ4n) is 3.67. The molecule has 32 heavy (non-hydrogen) atoms. The summed E-state index contributed by atoms with van der Waals surface area (Å²) in [5, 5.41) is 0. The van der Waals surface area contributed by atoms with Gasteiger partial charge in [-0.3, -0.25) is 4.21 Å². The Bertz CT molecular complexity index is 881. The van der Waals surface area contributed by atoms with Gasteiger partial charge in [-0.15, -0.1) is 0 Å². The largest absolute Gasteiger partial charge is 0.497 e. The van der Waals surface area contributed by atoms with Gasteiger partial charge in [-0.2, -0.15) is 0 Å². The first-order chi connectivity index (χ1) is 15.2. The molecule has 2 aromatic rings. The van der Waals surface area contributed by atoms with Crippen molar-refractivity contribution in [2.24, 2.45) is 0 Å². The highest BCUT2D eigenvalue weighted by Crippen LogP contribution is 2.32. The van der Waals surface area contributed by atoms with Crippen LogP contribution in [-0.4, -0.2) is 50.5 Å². The number of ether oxygens (including phenoxy) is 4. The second kappa shape index (κ2) is 10.9. The number of methoxy groups -OCH3 is 2. The van der Waals surface area contributed by atoms with Crippen molar-refractivity contribution in [1.82, 2.24) is 0 Å². The molecule has 1 fully saturated rings. The van der Waals surface area contributed by atoms with Gasteiger partial charge in [0.15, 0.2) is 8.32 Å². The molecule has 1 aliphatic heterocycles. The van der Waals surface area contributed by atoms with Gasteiger partial charge in [0.05, 0.1) is 49.9 Å². The van der Waals surface area contributed by atoms with Gasteiger partial charge in [-0.1, -0.05) is 12.1 Å². The summed E-state index contributed by atoms with van der Waals surface area (Å²) >= 11 is 0. The minimum atomic E-state index is -1.84. The first-order valence-electron chi connectivity index (χ1n) is 10.8. The van der Waals surface area contributed by atoms with E-state index in [2.05, 4.69) is 19.6 Å². The zero-order valence-corrected chi connectivity index (χ0v) is 21.5. The smallest absolute Gasteiger partial charge is 0.184 e. The van der Waals surface area contributed by atoms with Gasteiger partial charge in [-0.05, 0) is 68.5 Å². The van der Waals surface area contributed by atoms with Gasteiger partial charge in [0.1, 0.15) is 16.9 Å². The Labute approximate surface area is 194 Å². The molecule has 5 atom stereocenters. The monoisotopic (exact) mass is 478 g/mol. The van der Waals surface area contributed by atoms with E-state index in [0.29, 0.717) is 17.9 Å². The van der Waals surface area contributed by atoms with Gasteiger partial charge in [0, 0.05) is 11.3 Å². The molecule has 0 N–H and O–H groups in total. The van der Waals surface area contributed by atoms with Crippen LogP contribution in [0, 0.1) is 0 Å². The van der Waals surface area contributed by atoms with Crippen molar-refractivity contribution in [1.29, 1.82) is 0 Å². The average Bonchev–Trinajstić information content (AvgIpc) is 2.78. The summed E-state index contributed by atoms with van der Waals surface area (Å²) in [4.78, 5) is 0.710. The lowest BCUT2D eigenvalue weighted by Crippen LogP contribution is -2.53. The van der Waals surface area contributed by atoms with Crippen LogP contribution in [0.2, 0.25) is 19.6 Å². The van der Waals surface area contributed by atoms with Gasteiger partial charge in [-0.25, -0.2) is 0 Å². The van der Waals surface area contributed by atoms with E-state index in [1.54, 1.807) is 14.2 Å². The van der Waals surface area contributed by atoms with Crippen LogP contribution in [0.1, 0.15) is 18.9 Å². The van der Waals surface area contributed by atoms with Gasteiger partial charge >= 0.3 is 0 Å². The minimum Gasteiger partial charge on any atom is -0.497 e. The highest BCUT2D eigenvalue weighted by molar-refractivity contribution is 7.85. The number of rotatable bonds is 9. The Hall–Kier alpha value is -1.71. The van der Waals surface area contributed by atoms with E-state index in [1.165, 1.54) is 0 Å². The lowest BCUT2D eigenvalue weighted by molar-refractivity contribution is -0.155. The van der Waals surface area contributed by atoms with E-state index in [4.69, 9.17) is 23.4 Å². The van der Waals surface area contributed by atoms with Crippen LogP contribution in [0.4, 0.5) is 0 Å². The fourth-order valence-corrected chi connectivity index (χ4v) is 6.17. The topological polar surface area (TPSA) is 63.2 Å². The summed E-state index contributed by atoms with van der Waals surface area (Å²) in [6, 6.07) is 15.1. The minimum absolute atomic E-state index is 0.205. The molecule has 0 radical (unpaired) electrons. The second-order valence-corrected chi connectivity index (χ2v) is 14.9.